The van der Waals surface area contributed by atoms with Crippen LogP contribution in [0.5, 0.6) is 0 Å². The maximum absolute atomic E-state index is 4.16. The predicted molar refractivity (Wildman–Crippen MR) is 57.6 cm³/mol. The number of hydrogen-bond acceptors (Lipinski definition) is 5. The molecule has 0 saturated heterocycles. The van der Waals surface area contributed by atoms with Gasteiger partial charge in [0.25, 0.3) is 0 Å². The summed E-state index contributed by atoms with van der Waals surface area (Å²) in [7, 11) is 7.01. The van der Waals surface area contributed by atoms with Crippen molar-refractivity contribution in [3.63, 3.8) is 0 Å². The first-order valence-corrected chi connectivity index (χ1v) is 5.71. The van der Waals surface area contributed by atoms with Crippen LogP contribution in [0.4, 0.5) is 0 Å². The third-order valence-corrected chi connectivity index (χ3v) is 3.70. The molecular formula is C5H9N3S3. The summed E-state index contributed by atoms with van der Waals surface area (Å²) in [6.07, 6.45) is 1.73. The highest BCUT2D eigenvalue weighted by molar-refractivity contribution is 8.84. The van der Waals surface area contributed by atoms with Gasteiger partial charge in [0.05, 0.1) is 6.34 Å². The minimum Gasteiger partial charge on any atom is -0.369 e. The van der Waals surface area contributed by atoms with Gasteiger partial charge in [-0.1, -0.05) is 0 Å². The van der Waals surface area contributed by atoms with E-state index in [1.165, 1.54) is 0 Å². The molecule has 6 heteroatoms. The van der Waals surface area contributed by atoms with Crippen LogP contribution in [0.1, 0.15) is 0 Å². The van der Waals surface area contributed by atoms with Gasteiger partial charge in [-0.3, -0.25) is 0 Å². The van der Waals surface area contributed by atoms with Crippen LogP contribution in [0.15, 0.2) is 9.98 Å². The van der Waals surface area contributed by atoms with Crippen molar-refractivity contribution in [1.82, 2.24) is 4.90 Å². The molecule has 0 N–H and O–H groups in total. The summed E-state index contributed by atoms with van der Waals surface area (Å²) >= 11 is 4.16. The topological polar surface area (TPSA) is 28.0 Å². The highest BCUT2D eigenvalue weighted by Crippen LogP contribution is 2.38. The van der Waals surface area contributed by atoms with Crippen LogP contribution in [0.3, 0.4) is 0 Å². The van der Waals surface area contributed by atoms with E-state index in [0.717, 1.165) is 5.17 Å². The summed E-state index contributed by atoms with van der Waals surface area (Å²) in [6.45, 7) is 0. The maximum atomic E-state index is 4.16. The summed E-state index contributed by atoms with van der Waals surface area (Å²) in [4.78, 5) is 10.1. The van der Waals surface area contributed by atoms with Crippen LogP contribution in [0.25, 0.3) is 0 Å². The van der Waals surface area contributed by atoms with Crippen LogP contribution < -0.4 is 0 Å². The van der Waals surface area contributed by atoms with Crippen molar-refractivity contribution in [3.8, 4) is 0 Å². The third-order valence-electron chi connectivity index (χ3n) is 0.829. The van der Waals surface area contributed by atoms with Crippen molar-refractivity contribution in [2.75, 3.05) is 14.1 Å². The monoisotopic (exact) mass is 207 g/mol. The Morgan fingerprint density at radius 2 is 2.45 bits per heavy atom. The second kappa shape index (κ2) is 4.27. The number of nitrogens with zero attached hydrogens (tertiary/aromatic N) is 3. The Kier molecular flexibility index (Phi) is 3.61. The van der Waals surface area contributed by atoms with E-state index in [-0.39, 0.29) is 4.71 Å². The second-order valence-corrected chi connectivity index (χ2v) is 5.21. The fourth-order valence-corrected chi connectivity index (χ4v) is 2.54. The molecular weight excluding hydrogens is 198 g/mol. The zero-order valence-corrected chi connectivity index (χ0v) is 8.79. The molecule has 62 valence electrons. The average Bonchev–Trinajstić information content (AvgIpc) is 2.31. The molecule has 3 nitrogen and oxygen atoms in total. The summed E-state index contributed by atoms with van der Waals surface area (Å²) in [5.74, 6) is 0. The first-order chi connectivity index (χ1) is 5.18. The van der Waals surface area contributed by atoms with Gasteiger partial charge >= 0.3 is 0 Å². The van der Waals surface area contributed by atoms with Gasteiger partial charge in [0.1, 0.15) is 0 Å². The van der Waals surface area contributed by atoms with E-state index >= 15 is 0 Å². The molecule has 0 radical (unpaired) electrons. The van der Waals surface area contributed by atoms with Gasteiger partial charge in [-0.15, -0.1) is 12.6 Å². The van der Waals surface area contributed by atoms with Gasteiger partial charge in [0.15, 0.2) is 9.87 Å². The summed E-state index contributed by atoms with van der Waals surface area (Å²) in [6, 6.07) is 0. The molecule has 1 heterocycles. The van der Waals surface area contributed by atoms with Gasteiger partial charge in [-0.25, -0.2) is 9.98 Å². The Labute approximate surface area is 79.5 Å². The lowest BCUT2D eigenvalue weighted by molar-refractivity contribution is 0.644. The molecule has 11 heavy (non-hydrogen) atoms. The molecule has 0 aliphatic carbocycles. The third kappa shape index (κ3) is 3.39. The summed E-state index contributed by atoms with van der Waals surface area (Å²) in [5, 5.41) is 0.795. The van der Waals surface area contributed by atoms with Gasteiger partial charge in [-0.2, -0.15) is 0 Å². The Bertz CT molecular complexity index is 189. The van der Waals surface area contributed by atoms with Gasteiger partial charge in [0.2, 0.25) is 0 Å². The SMILES string of the molecule is CN(C)/C=N/C1=NC(S)SS1. The molecule has 1 atom stereocenters. The Morgan fingerprint density at radius 1 is 1.73 bits per heavy atom. The van der Waals surface area contributed by atoms with Crippen LogP contribution >= 0.6 is 34.2 Å². The van der Waals surface area contributed by atoms with Crippen molar-refractivity contribution in [3.05, 3.63) is 0 Å². The molecule has 1 unspecified atom stereocenters. The molecule has 0 spiro atoms. The number of aliphatic imine (C=N–C) groups is 2. The largest absolute Gasteiger partial charge is 0.369 e. The first kappa shape index (κ1) is 9.28. The molecule has 0 aromatic carbocycles. The number of hydrogen-bond donors (Lipinski definition) is 1. The molecule has 1 aliphatic rings. The standard InChI is InChI=1S/C5H9N3S3/c1-8(2)3-6-4-7-5(9)11-10-4/h3,5,9H,1-2H3/b6-3+. The molecule has 0 aromatic rings. The Balaban J connectivity index is 2.44. The fourth-order valence-electron chi connectivity index (χ4n) is 0.443. The maximum Gasteiger partial charge on any atom is 0.197 e. The van der Waals surface area contributed by atoms with Crippen LogP contribution in [-0.2, 0) is 0 Å². The van der Waals surface area contributed by atoms with Crippen molar-refractivity contribution in [1.29, 1.82) is 0 Å². The number of rotatable bonds is 1. The van der Waals surface area contributed by atoms with E-state index in [2.05, 4.69) is 22.6 Å². The van der Waals surface area contributed by atoms with Crippen LogP contribution in [0, 0.1) is 0 Å². The van der Waals surface area contributed by atoms with E-state index in [1.54, 1.807) is 27.9 Å². The van der Waals surface area contributed by atoms with E-state index in [4.69, 9.17) is 0 Å². The van der Waals surface area contributed by atoms with E-state index in [1.807, 2.05) is 19.0 Å². The first-order valence-electron chi connectivity index (χ1n) is 2.98. The number of amidine groups is 1. The molecule has 0 amide bonds. The lowest BCUT2D eigenvalue weighted by atomic mass is 10.9. The van der Waals surface area contributed by atoms with Crippen molar-refractivity contribution in [2.45, 2.75) is 4.71 Å². The molecule has 0 bridgehead atoms. The van der Waals surface area contributed by atoms with Crippen molar-refractivity contribution >= 4 is 45.7 Å². The van der Waals surface area contributed by atoms with Crippen molar-refractivity contribution in [2.24, 2.45) is 9.98 Å². The molecule has 1 rings (SSSR count). The van der Waals surface area contributed by atoms with Gasteiger partial charge < -0.3 is 4.90 Å². The van der Waals surface area contributed by atoms with E-state index < -0.39 is 0 Å². The highest BCUT2D eigenvalue weighted by atomic mass is 33.1. The zero-order valence-electron chi connectivity index (χ0n) is 6.26. The minimum absolute atomic E-state index is 0.0503. The fraction of sp³-hybridized carbons (Fsp3) is 0.600. The molecule has 0 fully saturated rings. The van der Waals surface area contributed by atoms with Gasteiger partial charge in [-0.05, 0) is 21.6 Å². The number of thiol groups is 1. The Morgan fingerprint density at radius 3 is 2.91 bits per heavy atom. The average molecular weight is 207 g/mol. The Hall–Kier alpha value is 0.190. The normalized spacial score (nSPS) is 24.3. The van der Waals surface area contributed by atoms with Crippen LogP contribution in [-0.4, -0.2) is 35.2 Å². The van der Waals surface area contributed by atoms with E-state index in [9.17, 15) is 0 Å². The van der Waals surface area contributed by atoms with E-state index in [0.29, 0.717) is 0 Å². The molecule has 0 aromatic heterocycles. The van der Waals surface area contributed by atoms with Crippen molar-refractivity contribution < 1.29 is 0 Å². The molecule has 0 saturated carbocycles. The van der Waals surface area contributed by atoms with Gasteiger partial charge in [0, 0.05) is 14.1 Å². The summed E-state index contributed by atoms with van der Waals surface area (Å²) in [5.41, 5.74) is 0. The lowest BCUT2D eigenvalue weighted by Crippen LogP contribution is -2.08. The summed E-state index contributed by atoms with van der Waals surface area (Å²) < 4.78 is 0.0503. The zero-order chi connectivity index (χ0) is 8.27. The van der Waals surface area contributed by atoms with Crippen LogP contribution in [0.2, 0.25) is 0 Å². The quantitative estimate of drug-likeness (QED) is 0.306. The smallest absolute Gasteiger partial charge is 0.197 e. The lowest BCUT2D eigenvalue weighted by Gasteiger charge is -2.00. The minimum atomic E-state index is 0.0503. The molecule has 1 aliphatic heterocycles. The second-order valence-electron chi connectivity index (χ2n) is 2.13. The highest BCUT2D eigenvalue weighted by Gasteiger charge is 2.13. The predicted octanol–water partition coefficient (Wildman–Crippen LogP) is 1.54.